The lowest BCUT2D eigenvalue weighted by Gasteiger charge is -2.50. The molecule has 4 heteroatoms. The summed E-state index contributed by atoms with van der Waals surface area (Å²) in [6.07, 6.45) is 7.52. The molecule has 2 aromatic carbocycles. The topological polar surface area (TPSA) is 63.3 Å². The lowest BCUT2D eigenvalue weighted by atomic mass is 9.55. The van der Waals surface area contributed by atoms with E-state index in [4.69, 9.17) is 5.73 Å². The van der Waals surface area contributed by atoms with E-state index >= 15 is 0 Å². The van der Waals surface area contributed by atoms with Crippen LogP contribution in [0.15, 0.2) is 42.5 Å². The number of primary amides is 1. The minimum Gasteiger partial charge on any atom is -0.392 e. The highest BCUT2D eigenvalue weighted by atomic mass is 131. The Balaban J connectivity index is 1.38. The van der Waals surface area contributed by atoms with E-state index < -0.39 is 0 Å². The molecule has 1 amide bonds. The Kier molecular flexibility index (Phi) is 6.12. The number of hydrogen-bond donors (Lipinski definition) is 2. The molecule has 3 unspecified atom stereocenters. The van der Waals surface area contributed by atoms with Crippen LogP contribution < -0.4 is 5.73 Å². The second kappa shape index (κ2) is 8.75. The van der Waals surface area contributed by atoms with Crippen molar-refractivity contribution in [3.05, 3.63) is 70.3 Å². The number of aliphatic hydroxyl groups excluding tert-OH is 1. The zero-order valence-corrected chi connectivity index (χ0v) is 21.1. The number of benzene rings is 2. The average Bonchev–Trinajstić information content (AvgIpc) is 3.04. The molecule has 0 aliphatic heterocycles. The van der Waals surface area contributed by atoms with Gasteiger partial charge in [0.15, 0.2) is 0 Å². The van der Waals surface area contributed by atoms with Gasteiger partial charge in [-0.05, 0) is 108 Å². The Morgan fingerprint density at radius 3 is 2.81 bits per heavy atom. The third-order valence-corrected chi connectivity index (χ3v) is 9.54. The summed E-state index contributed by atoms with van der Waals surface area (Å²) in [4.78, 5) is 11.6. The highest BCUT2D eigenvalue weighted by Crippen LogP contribution is 2.62. The van der Waals surface area contributed by atoms with Crippen LogP contribution in [0.25, 0.3) is 0 Å². The maximum absolute atomic E-state index is 11.6. The van der Waals surface area contributed by atoms with E-state index in [2.05, 4.69) is 53.8 Å². The number of alkyl halides is 1. The van der Waals surface area contributed by atoms with Crippen LogP contribution in [0, 0.1) is 23.2 Å². The van der Waals surface area contributed by atoms with Crippen LogP contribution in [-0.4, -0.2) is 21.5 Å². The zero-order valence-electron chi connectivity index (χ0n) is 18.9. The van der Waals surface area contributed by atoms with Gasteiger partial charge in [-0.2, -0.15) is 0 Å². The van der Waals surface area contributed by atoms with Gasteiger partial charge in [-0.3, -0.25) is 4.79 Å². The fourth-order valence-electron chi connectivity index (χ4n) is 7.40. The predicted molar refractivity (Wildman–Crippen MR) is 137 cm³/mol. The first-order valence-corrected chi connectivity index (χ1v) is 13.7. The molecule has 2 aromatic rings. The molecule has 0 radical (unpaired) electrons. The Bertz CT molecular complexity index is 1020. The largest absolute Gasteiger partial charge is 0.392 e. The molecule has 3 nitrogen and oxygen atoms in total. The Labute approximate surface area is 205 Å². The number of aliphatic hydroxyl groups is 1. The van der Waals surface area contributed by atoms with Gasteiger partial charge >= 0.3 is 0 Å². The summed E-state index contributed by atoms with van der Waals surface area (Å²) in [5.41, 5.74) is 11.8. The van der Waals surface area contributed by atoms with Crippen molar-refractivity contribution in [1.82, 2.24) is 0 Å². The standard InChI is InChI=1S/C28H34INO2/c1-28-11-9-23-22-7-5-17(10-12-29)13-19(22)6-8-24(23)25(28)16-21(26(28)31)15-18-3-2-4-20(14-18)27(30)32/h2-5,7,13-14,21,23-26,31H,6,8-12,15-16H2,1H3,(H2,30,32)/t21-,23?,24?,25?,26-,28-/m0/s1/i29+4. The molecule has 5 rings (SSSR count). The van der Waals surface area contributed by atoms with Crippen molar-refractivity contribution in [2.45, 2.75) is 63.9 Å². The molecule has 0 aromatic heterocycles. The van der Waals surface area contributed by atoms with Crippen molar-refractivity contribution >= 4 is 28.5 Å². The first-order valence-electron chi connectivity index (χ1n) is 12.1. The van der Waals surface area contributed by atoms with Gasteiger partial charge in [-0.1, -0.05) is 59.8 Å². The van der Waals surface area contributed by atoms with Crippen LogP contribution in [-0.2, 0) is 19.3 Å². The summed E-state index contributed by atoms with van der Waals surface area (Å²) < 4.78 is 1.17. The van der Waals surface area contributed by atoms with Crippen LogP contribution in [0.3, 0.4) is 0 Å². The first-order chi connectivity index (χ1) is 15.4. The van der Waals surface area contributed by atoms with E-state index in [1.165, 1.54) is 29.3 Å². The molecule has 6 atom stereocenters. The Hall–Kier alpha value is -1.40. The number of carbonyl (C=O) groups is 1. The van der Waals surface area contributed by atoms with E-state index in [9.17, 15) is 9.90 Å². The molecule has 32 heavy (non-hydrogen) atoms. The maximum atomic E-state index is 11.6. The molecular weight excluding hydrogens is 513 g/mol. The van der Waals surface area contributed by atoms with Crippen LogP contribution in [0.5, 0.6) is 0 Å². The average molecular weight is 547 g/mol. The number of carbonyl (C=O) groups excluding carboxylic acids is 1. The van der Waals surface area contributed by atoms with Crippen LogP contribution in [0.1, 0.15) is 71.1 Å². The summed E-state index contributed by atoms with van der Waals surface area (Å²) in [6, 6.07) is 14.9. The zero-order chi connectivity index (χ0) is 22.5. The Morgan fingerprint density at radius 2 is 2.03 bits per heavy atom. The second-order valence-corrected chi connectivity index (χ2v) is 11.7. The molecular formula is C28H34INO2. The van der Waals surface area contributed by atoms with Gasteiger partial charge < -0.3 is 10.8 Å². The minimum atomic E-state index is -0.384. The normalized spacial score (nSPS) is 33.3. The van der Waals surface area contributed by atoms with Gasteiger partial charge in [0.25, 0.3) is 0 Å². The lowest BCUT2D eigenvalue weighted by Crippen LogP contribution is -2.44. The van der Waals surface area contributed by atoms with Crippen molar-refractivity contribution in [2.75, 3.05) is 4.43 Å². The summed E-state index contributed by atoms with van der Waals surface area (Å²) >= 11 is 2.46. The van der Waals surface area contributed by atoms with Crippen LogP contribution in [0.4, 0.5) is 0 Å². The van der Waals surface area contributed by atoms with Crippen molar-refractivity contribution in [2.24, 2.45) is 28.9 Å². The molecule has 3 aliphatic carbocycles. The summed E-state index contributed by atoms with van der Waals surface area (Å²) in [6.45, 7) is 2.34. The van der Waals surface area contributed by atoms with E-state index in [1.54, 1.807) is 17.2 Å². The highest BCUT2D eigenvalue weighted by molar-refractivity contribution is 14.1. The third kappa shape index (κ3) is 3.81. The minimum absolute atomic E-state index is 0.00574. The van der Waals surface area contributed by atoms with E-state index in [0.717, 1.165) is 31.2 Å². The number of fused-ring (bicyclic) bond motifs is 5. The molecule has 0 heterocycles. The van der Waals surface area contributed by atoms with E-state index in [1.807, 2.05) is 12.1 Å². The van der Waals surface area contributed by atoms with Crippen molar-refractivity contribution in [1.29, 1.82) is 0 Å². The molecule has 3 N–H and O–H groups in total. The summed E-state index contributed by atoms with van der Waals surface area (Å²) in [7, 11) is 0. The van der Waals surface area contributed by atoms with Crippen molar-refractivity contribution in [3.8, 4) is 0 Å². The lowest BCUT2D eigenvalue weighted by molar-refractivity contribution is -0.0325. The monoisotopic (exact) mass is 547 g/mol. The fraction of sp³-hybridized carbons (Fsp3) is 0.536. The quantitative estimate of drug-likeness (QED) is 0.387. The van der Waals surface area contributed by atoms with Crippen molar-refractivity contribution < 1.29 is 9.90 Å². The number of amides is 1. The number of aryl methyl sites for hydroxylation is 2. The number of hydrogen-bond acceptors (Lipinski definition) is 2. The van der Waals surface area contributed by atoms with Crippen LogP contribution >= 0.6 is 22.6 Å². The molecule has 0 saturated heterocycles. The van der Waals surface area contributed by atoms with Gasteiger partial charge in [0.1, 0.15) is 0 Å². The molecule has 2 saturated carbocycles. The molecule has 0 spiro atoms. The predicted octanol–water partition coefficient (Wildman–Crippen LogP) is 5.45. The SMILES string of the molecule is C[C@]12CCC3c4ccc(CC[131I])cc4CCC3C1C[C@H](Cc1cccc(C(N)=O)c1)[C@@H]2O. The van der Waals surface area contributed by atoms with E-state index in [0.29, 0.717) is 23.3 Å². The first kappa shape index (κ1) is 22.4. The molecule has 3 aliphatic rings. The number of nitrogens with two attached hydrogens (primary N) is 1. The van der Waals surface area contributed by atoms with Gasteiger partial charge in [-0.15, -0.1) is 0 Å². The van der Waals surface area contributed by atoms with Gasteiger partial charge in [-0.25, -0.2) is 0 Å². The summed E-state index contributed by atoms with van der Waals surface area (Å²) in [5.74, 6) is 1.76. The fourth-order valence-corrected chi connectivity index (χ4v) is 8.02. The highest BCUT2D eigenvalue weighted by Gasteiger charge is 2.57. The maximum Gasteiger partial charge on any atom is 0.248 e. The van der Waals surface area contributed by atoms with Crippen molar-refractivity contribution in [3.63, 3.8) is 0 Å². The molecule has 170 valence electrons. The van der Waals surface area contributed by atoms with Gasteiger partial charge in [0, 0.05) is 9.99 Å². The summed E-state index contributed by atoms with van der Waals surface area (Å²) in [5, 5.41) is 11.5. The molecule has 2 fully saturated rings. The van der Waals surface area contributed by atoms with Gasteiger partial charge in [0.2, 0.25) is 5.91 Å². The van der Waals surface area contributed by atoms with E-state index in [-0.39, 0.29) is 23.3 Å². The number of halogens is 1. The number of rotatable bonds is 5. The van der Waals surface area contributed by atoms with Crippen LogP contribution in [0.2, 0.25) is 0 Å². The van der Waals surface area contributed by atoms with Gasteiger partial charge in [0.05, 0.1) is 6.10 Å². The Morgan fingerprint density at radius 1 is 1.19 bits per heavy atom. The molecule has 0 bridgehead atoms. The third-order valence-electron chi connectivity index (χ3n) is 9.00. The second-order valence-electron chi connectivity index (χ2n) is 10.6. The smallest absolute Gasteiger partial charge is 0.248 e.